The van der Waals surface area contributed by atoms with Gasteiger partial charge in [-0.25, -0.2) is 9.37 Å². The number of hydrogen-bond acceptors (Lipinski definition) is 4. The standard InChI is InChI=1S/C14H22FN3S/c1-4-16-8-11-7-12(15)9-17-13(11)18-5-6-19-14(2,3)10-18/h7,9,16H,4-6,8,10H2,1-3H3. The smallest absolute Gasteiger partial charge is 0.141 e. The fourth-order valence-electron chi connectivity index (χ4n) is 2.35. The Morgan fingerprint density at radius 1 is 1.53 bits per heavy atom. The van der Waals surface area contributed by atoms with E-state index < -0.39 is 0 Å². The molecule has 0 aliphatic carbocycles. The predicted molar refractivity (Wildman–Crippen MR) is 80.3 cm³/mol. The molecular formula is C14H22FN3S. The first-order chi connectivity index (χ1) is 9.02. The minimum absolute atomic E-state index is 0.226. The van der Waals surface area contributed by atoms with Crippen molar-refractivity contribution in [1.29, 1.82) is 0 Å². The van der Waals surface area contributed by atoms with Gasteiger partial charge in [0.1, 0.15) is 11.6 Å². The normalized spacial score (nSPS) is 18.6. The predicted octanol–water partition coefficient (Wildman–Crippen LogP) is 2.66. The molecule has 19 heavy (non-hydrogen) atoms. The molecule has 1 aromatic heterocycles. The highest BCUT2D eigenvalue weighted by molar-refractivity contribution is 8.00. The summed E-state index contributed by atoms with van der Waals surface area (Å²) in [5.41, 5.74) is 0.949. The van der Waals surface area contributed by atoms with E-state index in [4.69, 9.17) is 0 Å². The summed E-state index contributed by atoms with van der Waals surface area (Å²) in [4.78, 5) is 6.60. The summed E-state index contributed by atoms with van der Waals surface area (Å²) in [6, 6.07) is 1.60. The lowest BCUT2D eigenvalue weighted by Crippen LogP contribution is -2.44. The van der Waals surface area contributed by atoms with Crippen LogP contribution in [0, 0.1) is 5.82 Å². The largest absolute Gasteiger partial charge is 0.354 e. The molecule has 5 heteroatoms. The number of halogens is 1. The number of rotatable bonds is 4. The average molecular weight is 283 g/mol. The summed E-state index contributed by atoms with van der Waals surface area (Å²) < 4.78 is 13.6. The lowest BCUT2D eigenvalue weighted by molar-refractivity contribution is 0.604. The topological polar surface area (TPSA) is 28.2 Å². The molecule has 0 spiro atoms. The van der Waals surface area contributed by atoms with Crippen LogP contribution in [-0.2, 0) is 6.54 Å². The monoisotopic (exact) mass is 283 g/mol. The molecule has 1 aromatic rings. The van der Waals surface area contributed by atoms with Gasteiger partial charge in [0.2, 0.25) is 0 Å². The van der Waals surface area contributed by atoms with Crippen molar-refractivity contribution in [3.8, 4) is 0 Å². The van der Waals surface area contributed by atoms with Crippen LogP contribution < -0.4 is 10.2 Å². The number of hydrogen-bond donors (Lipinski definition) is 1. The molecule has 106 valence electrons. The van der Waals surface area contributed by atoms with Crippen LogP contribution >= 0.6 is 11.8 Å². The van der Waals surface area contributed by atoms with Gasteiger partial charge in [0.15, 0.2) is 0 Å². The molecule has 1 saturated heterocycles. The van der Waals surface area contributed by atoms with Crippen molar-refractivity contribution in [3.05, 3.63) is 23.6 Å². The highest BCUT2D eigenvalue weighted by Crippen LogP contribution is 2.32. The molecule has 2 heterocycles. The summed E-state index contributed by atoms with van der Waals surface area (Å²) in [5.74, 6) is 1.75. The Morgan fingerprint density at radius 2 is 2.32 bits per heavy atom. The van der Waals surface area contributed by atoms with E-state index in [-0.39, 0.29) is 10.6 Å². The van der Waals surface area contributed by atoms with Crippen molar-refractivity contribution in [2.24, 2.45) is 0 Å². The number of aromatic nitrogens is 1. The quantitative estimate of drug-likeness (QED) is 0.919. The van der Waals surface area contributed by atoms with Gasteiger partial charge >= 0.3 is 0 Å². The first-order valence-electron chi connectivity index (χ1n) is 6.76. The van der Waals surface area contributed by atoms with Gasteiger partial charge in [-0.2, -0.15) is 11.8 Å². The van der Waals surface area contributed by atoms with Crippen LogP contribution in [0.4, 0.5) is 10.2 Å². The molecule has 0 saturated carbocycles. The third-order valence-electron chi connectivity index (χ3n) is 3.20. The lowest BCUT2D eigenvalue weighted by atomic mass is 10.1. The van der Waals surface area contributed by atoms with Crippen LogP contribution in [-0.4, -0.2) is 35.1 Å². The van der Waals surface area contributed by atoms with Gasteiger partial charge in [-0.15, -0.1) is 0 Å². The fourth-order valence-corrected chi connectivity index (χ4v) is 3.46. The van der Waals surface area contributed by atoms with Crippen molar-refractivity contribution in [1.82, 2.24) is 10.3 Å². The summed E-state index contributed by atoms with van der Waals surface area (Å²) in [7, 11) is 0. The Morgan fingerprint density at radius 3 is 3.00 bits per heavy atom. The average Bonchev–Trinajstić information content (AvgIpc) is 2.35. The molecule has 1 aliphatic heterocycles. The van der Waals surface area contributed by atoms with E-state index >= 15 is 0 Å². The Bertz CT molecular complexity index is 437. The van der Waals surface area contributed by atoms with E-state index in [0.29, 0.717) is 6.54 Å². The number of nitrogens with zero attached hydrogens (tertiary/aromatic N) is 2. The first-order valence-corrected chi connectivity index (χ1v) is 7.74. The first kappa shape index (κ1) is 14.6. The molecule has 0 atom stereocenters. The van der Waals surface area contributed by atoms with Crippen molar-refractivity contribution >= 4 is 17.6 Å². The second-order valence-electron chi connectivity index (χ2n) is 5.45. The van der Waals surface area contributed by atoms with Crippen molar-refractivity contribution in [3.63, 3.8) is 0 Å². The molecule has 0 amide bonds. The van der Waals surface area contributed by atoms with Crippen molar-refractivity contribution < 1.29 is 4.39 Å². The Hall–Kier alpha value is -0.810. The molecule has 1 N–H and O–H groups in total. The highest BCUT2D eigenvalue weighted by atomic mass is 32.2. The molecule has 0 bridgehead atoms. The fraction of sp³-hybridized carbons (Fsp3) is 0.643. The molecule has 0 radical (unpaired) electrons. The minimum atomic E-state index is -0.262. The molecular weight excluding hydrogens is 261 g/mol. The zero-order valence-corrected chi connectivity index (χ0v) is 12.7. The summed E-state index contributed by atoms with van der Waals surface area (Å²) in [6.45, 7) is 10.0. The van der Waals surface area contributed by atoms with Crippen molar-refractivity contribution in [2.75, 3.05) is 30.3 Å². The second kappa shape index (κ2) is 6.09. The van der Waals surface area contributed by atoms with Gasteiger partial charge < -0.3 is 10.2 Å². The molecule has 1 aliphatic rings. The second-order valence-corrected chi connectivity index (χ2v) is 7.25. The zero-order chi connectivity index (χ0) is 13.9. The van der Waals surface area contributed by atoms with Crippen LogP contribution in [0.3, 0.4) is 0 Å². The van der Waals surface area contributed by atoms with Crippen LogP contribution in [0.15, 0.2) is 12.3 Å². The van der Waals surface area contributed by atoms with Gasteiger partial charge in [0, 0.05) is 35.7 Å². The van der Waals surface area contributed by atoms with Crippen LogP contribution in [0.25, 0.3) is 0 Å². The van der Waals surface area contributed by atoms with E-state index in [1.54, 1.807) is 6.07 Å². The van der Waals surface area contributed by atoms with Gasteiger partial charge in [-0.05, 0) is 26.5 Å². The molecule has 3 nitrogen and oxygen atoms in total. The molecule has 0 unspecified atom stereocenters. The SMILES string of the molecule is CCNCc1cc(F)cnc1N1CCSC(C)(C)C1. The van der Waals surface area contributed by atoms with E-state index in [1.165, 1.54) is 6.20 Å². The number of pyridine rings is 1. The Labute approximate surface area is 119 Å². The third-order valence-corrected chi connectivity index (χ3v) is 4.50. The van der Waals surface area contributed by atoms with E-state index in [2.05, 4.69) is 29.0 Å². The maximum absolute atomic E-state index is 13.4. The molecule has 2 rings (SSSR count). The molecule has 0 aromatic carbocycles. The maximum Gasteiger partial charge on any atom is 0.141 e. The third kappa shape index (κ3) is 3.83. The van der Waals surface area contributed by atoms with Crippen LogP contribution in [0.5, 0.6) is 0 Å². The lowest BCUT2D eigenvalue weighted by Gasteiger charge is -2.39. The van der Waals surface area contributed by atoms with Gasteiger partial charge in [-0.1, -0.05) is 6.92 Å². The van der Waals surface area contributed by atoms with E-state index in [9.17, 15) is 4.39 Å². The van der Waals surface area contributed by atoms with Crippen LogP contribution in [0.2, 0.25) is 0 Å². The zero-order valence-electron chi connectivity index (χ0n) is 11.9. The summed E-state index contributed by atoms with van der Waals surface area (Å²) in [5, 5.41) is 3.25. The van der Waals surface area contributed by atoms with E-state index in [1.807, 2.05) is 18.7 Å². The minimum Gasteiger partial charge on any atom is -0.354 e. The van der Waals surface area contributed by atoms with Gasteiger partial charge in [0.25, 0.3) is 0 Å². The molecule has 1 fully saturated rings. The maximum atomic E-state index is 13.4. The van der Waals surface area contributed by atoms with Crippen molar-refractivity contribution in [2.45, 2.75) is 32.1 Å². The summed E-state index contributed by atoms with van der Waals surface area (Å²) >= 11 is 1.99. The van der Waals surface area contributed by atoms with Crippen LogP contribution in [0.1, 0.15) is 26.3 Å². The van der Waals surface area contributed by atoms with E-state index in [0.717, 1.165) is 36.8 Å². The Balaban J connectivity index is 2.22. The Kier molecular flexibility index (Phi) is 4.68. The highest BCUT2D eigenvalue weighted by Gasteiger charge is 2.28. The summed E-state index contributed by atoms with van der Waals surface area (Å²) in [6.07, 6.45) is 1.32. The number of thioether (sulfide) groups is 1. The number of nitrogens with one attached hydrogen (secondary N) is 1. The number of anilines is 1. The van der Waals surface area contributed by atoms with Gasteiger partial charge in [-0.3, -0.25) is 0 Å². The van der Waals surface area contributed by atoms with Gasteiger partial charge in [0.05, 0.1) is 6.20 Å².